The molecular formula is C26H28BNO4. The van der Waals surface area contributed by atoms with Crippen molar-refractivity contribution in [2.24, 2.45) is 0 Å². The van der Waals surface area contributed by atoms with E-state index in [0.717, 1.165) is 28.7 Å². The van der Waals surface area contributed by atoms with Crippen molar-refractivity contribution in [3.05, 3.63) is 95.6 Å². The highest BCUT2D eigenvalue weighted by Gasteiger charge is 2.25. The summed E-state index contributed by atoms with van der Waals surface area (Å²) < 4.78 is 0. The number of hydrogen-bond acceptors (Lipinski definition) is 4. The van der Waals surface area contributed by atoms with Crippen LogP contribution in [0.2, 0.25) is 0 Å². The summed E-state index contributed by atoms with van der Waals surface area (Å²) in [5, 5.41) is 22.0. The standard InChI is InChI=1S/C26H28BNO4/c1-2-19-7-6-8-20(17-19)18-25(27(31)32)28-26(30)16-15-24(29)23-13-11-22(12-14-23)21-9-4-3-5-10-21/h3-14,17,25,31-32H,2,15-16,18H2,1H3,(H,28,30)/t25-/m0/s1. The summed E-state index contributed by atoms with van der Waals surface area (Å²) in [7, 11) is -1.69. The molecule has 0 radical (unpaired) electrons. The average molecular weight is 429 g/mol. The van der Waals surface area contributed by atoms with Crippen LogP contribution in [-0.4, -0.2) is 34.8 Å². The molecule has 0 fully saturated rings. The molecular weight excluding hydrogens is 401 g/mol. The van der Waals surface area contributed by atoms with Gasteiger partial charge in [-0.3, -0.25) is 9.59 Å². The van der Waals surface area contributed by atoms with Gasteiger partial charge in [0.2, 0.25) is 5.91 Å². The molecule has 0 saturated heterocycles. The normalized spacial score (nSPS) is 11.6. The predicted molar refractivity (Wildman–Crippen MR) is 127 cm³/mol. The fourth-order valence-corrected chi connectivity index (χ4v) is 3.59. The summed E-state index contributed by atoms with van der Waals surface area (Å²) in [6.45, 7) is 2.05. The Balaban J connectivity index is 1.53. The maximum atomic E-state index is 12.5. The minimum atomic E-state index is -1.69. The minimum absolute atomic E-state index is 0.0164. The Bertz CT molecular complexity index is 1040. The first kappa shape index (κ1) is 23.4. The van der Waals surface area contributed by atoms with Gasteiger partial charge >= 0.3 is 7.12 Å². The van der Waals surface area contributed by atoms with Gasteiger partial charge in [0.15, 0.2) is 5.78 Å². The molecule has 0 aliphatic rings. The Morgan fingerprint density at radius 1 is 0.844 bits per heavy atom. The molecule has 0 aromatic heterocycles. The van der Waals surface area contributed by atoms with Gasteiger partial charge in [-0.25, -0.2) is 0 Å². The molecule has 0 unspecified atom stereocenters. The lowest BCUT2D eigenvalue weighted by Crippen LogP contribution is -2.47. The Kier molecular flexibility index (Phi) is 8.37. The van der Waals surface area contributed by atoms with Gasteiger partial charge < -0.3 is 15.4 Å². The van der Waals surface area contributed by atoms with Crippen molar-refractivity contribution in [3.63, 3.8) is 0 Å². The van der Waals surface area contributed by atoms with Crippen molar-refractivity contribution in [1.82, 2.24) is 5.32 Å². The van der Waals surface area contributed by atoms with Crippen molar-refractivity contribution in [1.29, 1.82) is 0 Å². The van der Waals surface area contributed by atoms with Gasteiger partial charge in [0.05, 0.1) is 5.94 Å². The molecule has 164 valence electrons. The predicted octanol–water partition coefficient (Wildman–Crippen LogP) is 3.62. The van der Waals surface area contributed by atoms with Gasteiger partial charge in [0, 0.05) is 18.4 Å². The number of benzene rings is 3. The first-order chi connectivity index (χ1) is 15.5. The molecule has 3 N–H and O–H groups in total. The monoisotopic (exact) mass is 429 g/mol. The molecule has 0 heterocycles. The van der Waals surface area contributed by atoms with E-state index < -0.39 is 13.1 Å². The third-order valence-electron chi connectivity index (χ3n) is 5.45. The van der Waals surface area contributed by atoms with Crippen LogP contribution in [0.1, 0.15) is 41.3 Å². The fraction of sp³-hybridized carbons (Fsp3) is 0.231. The summed E-state index contributed by atoms with van der Waals surface area (Å²) in [6.07, 6.45) is 1.21. The number of carbonyl (C=O) groups excluding carboxylic acids is 2. The molecule has 0 bridgehead atoms. The summed E-state index contributed by atoms with van der Waals surface area (Å²) in [4.78, 5) is 24.9. The highest BCUT2D eigenvalue weighted by molar-refractivity contribution is 6.43. The molecule has 0 aliphatic carbocycles. The first-order valence-corrected chi connectivity index (χ1v) is 10.9. The van der Waals surface area contributed by atoms with E-state index in [1.807, 2.05) is 73.7 Å². The summed E-state index contributed by atoms with van der Waals surface area (Å²) >= 11 is 0. The van der Waals surface area contributed by atoms with Crippen molar-refractivity contribution < 1.29 is 19.6 Å². The Morgan fingerprint density at radius 3 is 2.16 bits per heavy atom. The Morgan fingerprint density at radius 2 is 1.50 bits per heavy atom. The van der Waals surface area contributed by atoms with Crippen LogP contribution in [0.15, 0.2) is 78.9 Å². The quantitative estimate of drug-likeness (QED) is 0.340. The number of hydrogen-bond donors (Lipinski definition) is 3. The van der Waals surface area contributed by atoms with Crippen LogP contribution in [0, 0.1) is 0 Å². The number of carbonyl (C=O) groups is 2. The summed E-state index contributed by atoms with van der Waals surface area (Å²) in [5.74, 6) is -1.35. The Labute approximate surface area is 189 Å². The van der Waals surface area contributed by atoms with E-state index in [9.17, 15) is 19.6 Å². The molecule has 5 nitrogen and oxygen atoms in total. The van der Waals surface area contributed by atoms with E-state index in [1.165, 1.54) is 0 Å². The highest BCUT2D eigenvalue weighted by atomic mass is 16.4. The third kappa shape index (κ3) is 6.64. The van der Waals surface area contributed by atoms with Gasteiger partial charge in [-0.2, -0.15) is 0 Å². The zero-order chi connectivity index (χ0) is 22.9. The highest BCUT2D eigenvalue weighted by Crippen LogP contribution is 2.20. The van der Waals surface area contributed by atoms with Crippen LogP contribution < -0.4 is 5.32 Å². The van der Waals surface area contributed by atoms with E-state index in [1.54, 1.807) is 12.1 Å². The topological polar surface area (TPSA) is 86.6 Å². The SMILES string of the molecule is CCc1cccc(C[C@H](NC(=O)CCC(=O)c2ccc(-c3ccccc3)cc2)B(O)O)c1. The van der Waals surface area contributed by atoms with Gasteiger partial charge in [0.1, 0.15) is 0 Å². The lowest BCUT2D eigenvalue weighted by molar-refractivity contribution is -0.121. The van der Waals surface area contributed by atoms with E-state index in [0.29, 0.717) is 12.0 Å². The van der Waals surface area contributed by atoms with Crippen LogP contribution in [0.5, 0.6) is 0 Å². The molecule has 0 spiro atoms. The van der Waals surface area contributed by atoms with Gasteiger partial charge in [0.25, 0.3) is 0 Å². The van der Waals surface area contributed by atoms with Gasteiger partial charge in [-0.05, 0) is 35.1 Å². The first-order valence-electron chi connectivity index (χ1n) is 10.9. The molecule has 0 saturated carbocycles. The lowest BCUT2D eigenvalue weighted by Gasteiger charge is -2.18. The molecule has 0 aliphatic heterocycles. The van der Waals surface area contributed by atoms with Crippen LogP contribution in [-0.2, 0) is 17.6 Å². The second kappa shape index (κ2) is 11.4. The van der Waals surface area contributed by atoms with Gasteiger partial charge in [-0.15, -0.1) is 0 Å². The van der Waals surface area contributed by atoms with Crippen molar-refractivity contribution in [2.45, 2.75) is 38.5 Å². The molecule has 3 rings (SSSR count). The van der Waals surface area contributed by atoms with Crippen molar-refractivity contribution in [2.75, 3.05) is 0 Å². The number of aryl methyl sites for hydroxylation is 1. The van der Waals surface area contributed by atoms with E-state index in [2.05, 4.69) is 5.32 Å². The molecule has 3 aromatic carbocycles. The van der Waals surface area contributed by atoms with Crippen molar-refractivity contribution in [3.8, 4) is 11.1 Å². The van der Waals surface area contributed by atoms with E-state index in [-0.39, 0.29) is 24.5 Å². The molecule has 1 atom stereocenters. The zero-order valence-corrected chi connectivity index (χ0v) is 18.2. The summed E-state index contributed by atoms with van der Waals surface area (Å²) in [5.41, 5.74) is 4.70. The minimum Gasteiger partial charge on any atom is -0.426 e. The fourth-order valence-electron chi connectivity index (χ4n) is 3.59. The molecule has 6 heteroatoms. The molecule has 1 amide bonds. The number of amides is 1. The maximum absolute atomic E-state index is 12.5. The van der Waals surface area contributed by atoms with Gasteiger partial charge in [-0.1, -0.05) is 85.8 Å². The Hall–Kier alpha value is -3.22. The average Bonchev–Trinajstić information content (AvgIpc) is 2.83. The largest absolute Gasteiger partial charge is 0.475 e. The number of ketones is 1. The second-order valence-electron chi connectivity index (χ2n) is 7.83. The second-order valence-corrected chi connectivity index (χ2v) is 7.83. The van der Waals surface area contributed by atoms with Crippen molar-refractivity contribution >= 4 is 18.8 Å². The van der Waals surface area contributed by atoms with E-state index >= 15 is 0 Å². The van der Waals surface area contributed by atoms with Crippen LogP contribution in [0.25, 0.3) is 11.1 Å². The summed E-state index contributed by atoms with van der Waals surface area (Å²) in [6, 6.07) is 25.0. The number of nitrogens with one attached hydrogen (secondary N) is 1. The maximum Gasteiger partial charge on any atom is 0.475 e. The third-order valence-corrected chi connectivity index (χ3v) is 5.45. The van der Waals surface area contributed by atoms with Crippen LogP contribution >= 0.6 is 0 Å². The zero-order valence-electron chi connectivity index (χ0n) is 18.2. The van der Waals surface area contributed by atoms with Crippen LogP contribution in [0.4, 0.5) is 0 Å². The molecule has 3 aromatic rings. The number of rotatable bonds is 10. The molecule has 32 heavy (non-hydrogen) atoms. The smallest absolute Gasteiger partial charge is 0.426 e. The lowest BCUT2D eigenvalue weighted by atomic mass is 9.75. The van der Waals surface area contributed by atoms with E-state index in [4.69, 9.17) is 0 Å². The van der Waals surface area contributed by atoms with Crippen LogP contribution in [0.3, 0.4) is 0 Å². The number of Topliss-reactive ketones (excluding diaryl/α,β-unsaturated/α-hetero) is 1.